The molecule has 3 aromatic heterocycles. The molecule has 0 amide bonds. The van der Waals surface area contributed by atoms with Gasteiger partial charge < -0.3 is 9.13 Å². The Morgan fingerprint density at radius 1 is 0.365 bits per heavy atom. The lowest BCUT2D eigenvalue weighted by atomic mass is 9.95. The van der Waals surface area contributed by atoms with Crippen molar-refractivity contribution < 1.29 is 0 Å². The molecule has 0 aliphatic rings. The molecule has 0 atom stereocenters. The van der Waals surface area contributed by atoms with Crippen molar-refractivity contribution in [3.05, 3.63) is 230 Å². The Kier molecular flexibility index (Phi) is 9.00. The molecule has 0 saturated carbocycles. The summed E-state index contributed by atoms with van der Waals surface area (Å²) in [5, 5.41) is 7.46. The topological polar surface area (TPSA) is 35.6 Å². The lowest BCUT2D eigenvalue weighted by Gasteiger charge is -2.15. The van der Waals surface area contributed by atoms with Crippen molar-refractivity contribution in [3.8, 4) is 45.0 Å². The van der Waals surface area contributed by atoms with Crippen molar-refractivity contribution in [2.75, 3.05) is 0 Å². The number of hydrogen-bond acceptors (Lipinski definition) is 2. The fourth-order valence-electron chi connectivity index (χ4n) is 9.75. The number of aromatic nitrogens is 4. The quantitative estimate of drug-likeness (QED) is 0.146. The first-order valence-electron chi connectivity index (χ1n) is 21.9. The molecule has 63 heavy (non-hydrogen) atoms. The first-order valence-corrected chi connectivity index (χ1v) is 21.9. The molecule has 0 unspecified atom stereocenters. The summed E-state index contributed by atoms with van der Waals surface area (Å²) in [6.45, 7) is 0. The van der Waals surface area contributed by atoms with E-state index in [0.717, 1.165) is 53.3 Å². The van der Waals surface area contributed by atoms with Crippen LogP contribution in [0.25, 0.3) is 99.4 Å². The lowest BCUT2D eigenvalue weighted by Crippen LogP contribution is -2.01. The van der Waals surface area contributed by atoms with E-state index in [-0.39, 0.29) is 0 Å². The third kappa shape index (κ3) is 6.47. The minimum Gasteiger partial charge on any atom is -0.309 e. The van der Waals surface area contributed by atoms with Gasteiger partial charge in [0.25, 0.3) is 0 Å². The van der Waals surface area contributed by atoms with Crippen molar-refractivity contribution in [3.63, 3.8) is 0 Å². The standard InChI is InChI=1S/C59H42N4/c1-4-19-41(20-5-1)51-39-52(42-21-6-2-7-22-42)61-58(60-51)33-16-18-40-34-35-55-50(36-40)48-27-12-14-30-53(48)63(55)57-38-44(37-43-23-10-11-26-46(43)57)47-29-17-32-56-59(47)49-28-13-15-31-54(49)62(56)45-24-8-3-9-25-45/h1-15,17,19-32,34-39H,16,18,33H2. The van der Waals surface area contributed by atoms with Crippen LogP contribution in [-0.2, 0) is 12.8 Å². The molecule has 3 heterocycles. The lowest BCUT2D eigenvalue weighted by molar-refractivity contribution is 0.773. The summed E-state index contributed by atoms with van der Waals surface area (Å²) in [5.74, 6) is 0.875. The van der Waals surface area contributed by atoms with Crippen LogP contribution in [0, 0.1) is 0 Å². The van der Waals surface area contributed by atoms with E-state index in [0.29, 0.717) is 0 Å². The van der Waals surface area contributed by atoms with E-state index in [4.69, 9.17) is 9.97 Å². The number of aryl methyl sites for hydroxylation is 2. The normalized spacial score (nSPS) is 11.7. The van der Waals surface area contributed by atoms with Gasteiger partial charge in [-0.25, -0.2) is 9.97 Å². The number of rotatable bonds is 9. The van der Waals surface area contributed by atoms with E-state index in [1.165, 1.54) is 76.8 Å². The molecule has 0 bridgehead atoms. The molecule has 298 valence electrons. The van der Waals surface area contributed by atoms with Crippen LogP contribution in [-0.4, -0.2) is 19.1 Å². The third-order valence-corrected chi connectivity index (χ3v) is 12.6. The smallest absolute Gasteiger partial charge is 0.129 e. The van der Waals surface area contributed by atoms with E-state index in [1.807, 2.05) is 12.1 Å². The maximum atomic E-state index is 5.07. The molecular weight excluding hydrogens is 765 g/mol. The van der Waals surface area contributed by atoms with E-state index >= 15 is 0 Å². The van der Waals surface area contributed by atoms with Gasteiger partial charge in [-0.1, -0.05) is 158 Å². The highest BCUT2D eigenvalue weighted by atomic mass is 15.0. The SMILES string of the molecule is c1ccc(-c2cc(-c3ccccc3)nc(CCCc3ccc4c(c3)c3ccccc3n4-c3cc(-c4cccc5c4c4ccccc4n5-c4ccccc4)cc4ccccc34)n2)cc1. The molecule has 4 heteroatoms. The van der Waals surface area contributed by atoms with E-state index in [2.05, 4.69) is 215 Å². The molecule has 0 spiro atoms. The van der Waals surface area contributed by atoms with Crippen LogP contribution >= 0.6 is 0 Å². The highest BCUT2D eigenvalue weighted by molar-refractivity contribution is 6.17. The summed E-state index contributed by atoms with van der Waals surface area (Å²) in [5.41, 5.74) is 15.0. The minimum atomic E-state index is 0.788. The van der Waals surface area contributed by atoms with Gasteiger partial charge in [0, 0.05) is 50.2 Å². The predicted molar refractivity (Wildman–Crippen MR) is 263 cm³/mol. The Labute approximate surface area is 366 Å². The molecular formula is C59H42N4. The van der Waals surface area contributed by atoms with Gasteiger partial charge in [0.05, 0.1) is 39.1 Å². The summed E-state index contributed by atoms with van der Waals surface area (Å²) < 4.78 is 4.89. The summed E-state index contributed by atoms with van der Waals surface area (Å²) in [6, 6.07) is 78.8. The van der Waals surface area contributed by atoms with Crippen LogP contribution in [0.15, 0.2) is 218 Å². The monoisotopic (exact) mass is 806 g/mol. The van der Waals surface area contributed by atoms with Gasteiger partial charge in [-0.05, 0) is 95.6 Å². The molecule has 0 saturated heterocycles. The van der Waals surface area contributed by atoms with E-state index in [1.54, 1.807) is 0 Å². The fraction of sp³-hybridized carbons (Fsp3) is 0.0508. The number of hydrogen-bond donors (Lipinski definition) is 0. The van der Waals surface area contributed by atoms with Crippen LogP contribution in [0.5, 0.6) is 0 Å². The number of nitrogens with zero attached hydrogens (tertiary/aromatic N) is 4. The van der Waals surface area contributed by atoms with Crippen LogP contribution in [0.1, 0.15) is 17.8 Å². The van der Waals surface area contributed by atoms with Crippen molar-refractivity contribution >= 4 is 54.4 Å². The Hall–Kier alpha value is -8.08. The molecule has 0 N–H and O–H groups in total. The minimum absolute atomic E-state index is 0.788. The fourth-order valence-corrected chi connectivity index (χ4v) is 9.75. The van der Waals surface area contributed by atoms with Gasteiger partial charge in [-0.2, -0.15) is 0 Å². The van der Waals surface area contributed by atoms with Crippen LogP contribution in [0.3, 0.4) is 0 Å². The van der Waals surface area contributed by atoms with Gasteiger partial charge in [0.15, 0.2) is 0 Å². The van der Waals surface area contributed by atoms with Crippen molar-refractivity contribution in [1.29, 1.82) is 0 Å². The van der Waals surface area contributed by atoms with Crippen LogP contribution in [0.2, 0.25) is 0 Å². The second-order valence-electron chi connectivity index (χ2n) is 16.4. The third-order valence-electron chi connectivity index (χ3n) is 12.6. The summed E-state index contributed by atoms with van der Waals surface area (Å²) in [7, 11) is 0. The Morgan fingerprint density at radius 3 is 1.68 bits per heavy atom. The maximum absolute atomic E-state index is 5.07. The number of benzene rings is 9. The number of para-hydroxylation sites is 3. The molecule has 0 radical (unpaired) electrons. The van der Waals surface area contributed by atoms with Gasteiger partial charge >= 0.3 is 0 Å². The molecule has 12 aromatic rings. The Bertz CT molecular complexity index is 3580. The predicted octanol–water partition coefficient (Wildman–Crippen LogP) is 15.0. The molecule has 12 rings (SSSR count). The van der Waals surface area contributed by atoms with Gasteiger partial charge in [0.1, 0.15) is 5.82 Å². The van der Waals surface area contributed by atoms with Gasteiger partial charge in [0.2, 0.25) is 0 Å². The largest absolute Gasteiger partial charge is 0.309 e. The average molecular weight is 807 g/mol. The molecule has 0 fully saturated rings. The average Bonchev–Trinajstić information content (AvgIpc) is 3.87. The molecule has 9 aromatic carbocycles. The summed E-state index contributed by atoms with van der Waals surface area (Å²) in [6.07, 6.45) is 2.65. The highest BCUT2D eigenvalue weighted by Crippen LogP contribution is 2.42. The molecule has 4 nitrogen and oxygen atoms in total. The zero-order valence-corrected chi connectivity index (χ0v) is 34.7. The second kappa shape index (κ2) is 15.4. The molecule has 0 aliphatic carbocycles. The van der Waals surface area contributed by atoms with Crippen LogP contribution < -0.4 is 0 Å². The van der Waals surface area contributed by atoms with E-state index < -0.39 is 0 Å². The van der Waals surface area contributed by atoms with Crippen LogP contribution in [0.4, 0.5) is 0 Å². The zero-order valence-electron chi connectivity index (χ0n) is 34.7. The van der Waals surface area contributed by atoms with Gasteiger partial charge in [-0.3, -0.25) is 0 Å². The van der Waals surface area contributed by atoms with Gasteiger partial charge in [-0.15, -0.1) is 0 Å². The first-order chi connectivity index (χ1) is 31.2. The maximum Gasteiger partial charge on any atom is 0.129 e. The van der Waals surface area contributed by atoms with Crippen molar-refractivity contribution in [2.45, 2.75) is 19.3 Å². The Morgan fingerprint density at radius 2 is 0.952 bits per heavy atom. The first kappa shape index (κ1) is 36.7. The van der Waals surface area contributed by atoms with E-state index in [9.17, 15) is 0 Å². The van der Waals surface area contributed by atoms with Crippen molar-refractivity contribution in [1.82, 2.24) is 19.1 Å². The number of fused-ring (bicyclic) bond motifs is 7. The highest BCUT2D eigenvalue weighted by Gasteiger charge is 2.20. The second-order valence-corrected chi connectivity index (χ2v) is 16.4. The zero-order chi connectivity index (χ0) is 41.7. The summed E-state index contributed by atoms with van der Waals surface area (Å²) >= 11 is 0. The molecule has 0 aliphatic heterocycles. The summed E-state index contributed by atoms with van der Waals surface area (Å²) in [4.78, 5) is 10.1. The Balaban J connectivity index is 0.947. The van der Waals surface area contributed by atoms with Crippen molar-refractivity contribution in [2.24, 2.45) is 0 Å².